The second kappa shape index (κ2) is 7.27. The fraction of sp³-hybridized carbons (Fsp3) is 0.231. The lowest BCUT2D eigenvalue weighted by molar-refractivity contribution is 0.651. The van der Waals surface area contributed by atoms with Gasteiger partial charge >= 0.3 is 0 Å². The summed E-state index contributed by atoms with van der Waals surface area (Å²) in [6.45, 7) is 8.69. The first-order chi connectivity index (χ1) is 13.1. The van der Waals surface area contributed by atoms with Crippen LogP contribution in [0.1, 0.15) is 48.9 Å². The van der Waals surface area contributed by atoms with E-state index in [4.69, 9.17) is 0 Å². The van der Waals surface area contributed by atoms with E-state index >= 15 is 0 Å². The molecule has 4 rings (SSSR count). The zero-order valence-electron chi connectivity index (χ0n) is 16.1. The van der Waals surface area contributed by atoms with E-state index in [-0.39, 0.29) is 5.41 Å². The molecule has 0 fully saturated rings. The Morgan fingerprint density at radius 1 is 1.07 bits per heavy atom. The molecule has 0 bridgehead atoms. The highest BCUT2D eigenvalue weighted by atomic mass is 127. The lowest BCUT2D eigenvalue weighted by atomic mass is 9.79. The van der Waals surface area contributed by atoms with Crippen LogP contribution in [0.2, 0.25) is 0 Å². The summed E-state index contributed by atoms with van der Waals surface area (Å²) < 4.78 is 1.01. The van der Waals surface area contributed by atoms with E-state index in [0.717, 1.165) is 10.8 Å². The van der Waals surface area contributed by atoms with Gasteiger partial charge in [-0.25, -0.2) is 0 Å². The second-order valence-corrected chi connectivity index (χ2v) is 8.70. The van der Waals surface area contributed by atoms with Gasteiger partial charge in [-0.3, -0.25) is 0 Å². The molecule has 0 saturated carbocycles. The predicted octanol–water partition coefficient (Wildman–Crippen LogP) is 7.84. The number of hydrogen-bond donors (Lipinski definition) is 0. The number of benzene rings is 2. The molecule has 2 aromatic rings. The number of halogens is 1. The molecule has 0 radical (unpaired) electrons. The van der Waals surface area contributed by atoms with Crippen LogP contribution >= 0.6 is 22.6 Å². The van der Waals surface area contributed by atoms with Gasteiger partial charge in [-0.1, -0.05) is 97.7 Å². The Labute approximate surface area is 176 Å². The molecular weight excluding hydrogens is 439 g/mol. The van der Waals surface area contributed by atoms with Gasteiger partial charge in [0.25, 0.3) is 0 Å². The van der Waals surface area contributed by atoms with E-state index < -0.39 is 0 Å². The zero-order chi connectivity index (χ0) is 19.0. The van der Waals surface area contributed by atoms with Crippen molar-refractivity contribution in [3.63, 3.8) is 0 Å². The van der Waals surface area contributed by atoms with E-state index in [2.05, 4.69) is 104 Å². The molecule has 2 aromatic carbocycles. The third-order valence-electron chi connectivity index (χ3n) is 5.89. The highest BCUT2D eigenvalue weighted by Gasteiger charge is 2.37. The predicted molar refractivity (Wildman–Crippen MR) is 128 cm³/mol. The monoisotopic (exact) mass is 464 g/mol. The smallest absolute Gasteiger partial charge is 0.0179 e. The molecular formula is C26H25I. The van der Waals surface area contributed by atoms with E-state index in [1.54, 1.807) is 5.57 Å². The molecule has 2 aliphatic carbocycles. The molecule has 0 atom stereocenters. The van der Waals surface area contributed by atoms with Crippen molar-refractivity contribution in [3.05, 3.63) is 89.0 Å². The molecule has 0 saturated heterocycles. The maximum atomic E-state index is 3.96. The molecule has 1 heteroatoms. The average Bonchev–Trinajstić information content (AvgIpc) is 2.93. The molecule has 0 nitrogen and oxygen atoms in total. The van der Waals surface area contributed by atoms with Gasteiger partial charge in [0.15, 0.2) is 0 Å². The van der Waals surface area contributed by atoms with Crippen molar-refractivity contribution in [1.82, 2.24) is 0 Å². The normalized spacial score (nSPS) is 17.3. The lowest BCUT2D eigenvalue weighted by Gasteiger charge is -2.24. The summed E-state index contributed by atoms with van der Waals surface area (Å²) >= 11 is 2.38. The third-order valence-corrected chi connectivity index (χ3v) is 6.40. The molecule has 27 heavy (non-hydrogen) atoms. The van der Waals surface area contributed by atoms with Gasteiger partial charge in [-0.05, 0) is 69.5 Å². The van der Waals surface area contributed by atoms with Crippen LogP contribution < -0.4 is 0 Å². The van der Waals surface area contributed by atoms with Crippen molar-refractivity contribution in [2.75, 3.05) is 4.43 Å². The van der Waals surface area contributed by atoms with Crippen LogP contribution in [0.3, 0.4) is 0 Å². The molecule has 0 unspecified atom stereocenters. The fourth-order valence-corrected chi connectivity index (χ4v) is 4.69. The highest BCUT2D eigenvalue weighted by Crippen LogP contribution is 2.50. The van der Waals surface area contributed by atoms with Gasteiger partial charge < -0.3 is 0 Å². The first kappa shape index (κ1) is 18.5. The number of allylic oxidation sites excluding steroid dienone is 5. The van der Waals surface area contributed by atoms with Gasteiger partial charge in [0.1, 0.15) is 0 Å². The van der Waals surface area contributed by atoms with E-state index in [1.807, 2.05) is 6.08 Å². The topological polar surface area (TPSA) is 0 Å². The SMILES string of the molecule is C=Cc1ccc(-c2ccc3c(c2)C(C)(C)C2=C3CCC=C2)cc1/C=C\CI. The minimum atomic E-state index is 0.0859. The van der Waals surface area contributed by atoms with E-state index in [9.17, 15) is 0 Å². The van der Waals surface area contributed by atoms with Gasteiger partial charge in [0, 0.05) is 9.84 Å². The minimum Gasteiger partial charge on any atom is -0.0984 e. The maximum Gasteiger partial charge on any atom is 0.0179 e. The van der Waals surface area contributed by atoms with Crippen LogP contribution in [-0.4, -0.2) is 4.43 Å². The summed E-state index contributed by atoms with van der Waals surface area (Å²) in [5, 5.41) is 0. The summed E-state index contributed by atoms with van der Waals surface area (Å²) in [7, 11) is 0. The lowest BCUT2D eigenvalue weighted by Crippen LogP contribution is -2.16. The zero-order valence-corrected chi connectivity index (χ0v) is 18.2. The molecule has 0 spiro atoms. The molecule has 2 aliphatic rings. The van der Waals surface area contributed by atoms with Crippen molar-refractivity contribution in [3.8, 4) is 11.1 Å². The molecule has 0 heterocycles. The van der Waals surface area contributed by atoms with Gasteiger partial charge in [-0.15, -0.1) is 0 Å². The molecule has 0 N–H and O–H groups in total. The Morgan fingerprint density at radius 2 is 1.85 bits per heavy atom. The van der Waals surface area contributed by atoms with E-state index in [1.165, 1.54) is 45.4 Å². The Kier molecular flexibility index (Phi) is 4.98. The molecule has 0 aliphatic heterocycles. The number of fused-ring (bicyclic) bond motifs is 2. The Hall–Kier alpha value is -1.87. The second-order valence-electron chi connectivity index (χ2n) is 7.82. The standard InChI is InChI=1S/C26H25I/c1-4-18-11-12-20(16-19(18)8-7-15-27)21-13-14-23-22-9-5-6-10-24(22)26(2,3)25(23)17-21/h4,6-8,10-14,16-17H,1,5,9,15H2,2-3H3/b8-7-. The van der Waals surface area contributed by atoms with Crippen LogP contribution in [0.5, 0.6) is 0 Å². The summed E-state index contributed by atoms with van der Waals surface area (Å²) in [6, 6.07) is 13.7. The van der Waals surface area contributed by atoms with Gasteiger partial charge in [0.05, 0.1) is 0 Å². The summed E-state index contributed by atoms with van der Waals surface area (Å²) in [5.41, 5.74) is 11.1. The van der Waals surface area contributed by atoms with Crippen molar-refractivity contribution in [1.29, 1.82) is 0 Å². The fourth-order valence-electron chi connectivity index (χ4n) is 4.43. The van der Waals surface area contributed by atoms with Crippen LogP contribution in [0.15, 0.2) is 66.8 Å². The molecule has 136 valence electrons. The third kappa shape index (κ3) is 3.16. The maximum absolute atomic E-state index is 3.96. The average molecular weight is 464 g/mol. The Balaban J connectivity index is 1.80. The summed E-state index contributed by atoms with van der Waals surface area (Å²) in [4.78, 5) is 0. The van der Waals surface area contributed by atoms with E-state index in [0.29, 0.717) is 0 Å². The van der Waals surface area contributed by atoms with Crippen molar-refractivity contribution in [2.24, 2.45) is 0 Å². The Bertz CT molecular complexity index is 999. The highest BCUT2D eigenvalue weighted by molar-refractivity contribution is 14.1. The van der Waals surface area contributed by atoms with Gasteiger partial charge in [-0.2, -0.15) is 0 Å². The summed E-state index contributed by atoms with van der Waals surface area (Å²) in [5.74, 6) is 0. The van der Waals surface area contributed by atoms with Crippen molar-refractivity contribution in [2.45, 2.75) is 32.1 Å². The van der Waals surface area contributed by atoms with Crippen molar-refractivity contribution >= 4 is 40.3 Å². The summed E-state index contributed by atoms with van der Waals surface area (Å²) in [6.07, 6.45) is 13.3. The number of rotatable bonds is 4. The largest absolute Gasteiger partial charge is 0.0984 e. The first-order valence-corrected chi connectivity index (χ1v) is 11.1. The quantitative estimate of drug-likeness (QED) is 0.319. The van der Waals surface area contributed by atoms with Crippen LogP contribution in [0, 0.1) is 0 Å². The Morgan fingerprint density at radius 3 is 2.63 bits per heavy atom. The number of alkyl halides is 1. The van der Waals surface area contributed by atoms with Crippen LogP contribution in [0.4, 0.5) is 0 Å². The minimum absolute atomic E-state index is 0.0859. The van der Waals surface area contributed by atoms with Crippen LogP contribution in [0.25, 0.3) is 28.9 Å². The van der Waals surface area contributed by atoms with Gasteiger partial charge in [0.2, 0.25) is 0 Å². The molecule has 0 amide bonds. The molecule has 0 aromatic heterocycles. The van der Waals surface area contributed by atoms with Crippen LogP contribution in [-0.2, 0) is 5.41 Å². The van der Waals surface area contributed by atoms with Crippen molar-refractivity contribution < 1.29 is 0 Å². The first-order valence-electron chi connectivity index (χ1n) is 9.60. The number of hydrogen-bond acceptors (Lipinski definition) is 0.